The molecule has 2 aromatic rings. The highest BCUT2D eigenvalue weighted by atomic mass is 35.5. The van der Waals surface area contributed by atoms with Crippen LogP contribution < -0.4 is 4.74 Å². The average molecular weight is 452 g/mol. The van der Waals surface area contributed by atoms with Gasteiger partial charge in [0.05, 0.1) is 15.8 Å². The zero-order chi connectivity index (χ0) is 21.7. The predicted molar refractivity (Wildman–Crippen MR) is 115 cm³/mol. The Balaban J connectivity index is 1.47. The van der Waals surface area contributed by atoms with Gasteiger partial charge in [0.1, 0.15) is 19.0 Å². The number of carbonyl (C=O) groups is 1. The van der Waals surface area contributed by atoms with Gasteiger partial charge in [0.25, 0.3) is 0 Å². The van der Waals surface area contributed by atoms with Crippen LogP contribution in [0, 0.1) is 19.8 Å². The monoisotopic (exact) mass is 451 g/mol. The van der Waals surface area contributed by atoms with Crippen LogP contribution in [0.3, 0.4) is 0 Å². The summed E-state index contributed by atoms with van der Waals surface area (Å²) in [7, 11) is -3.56. The standard InChI is InChI=1S/C22H26ClNO5S/c1-16-7-8-19(15-17(16)2)30(26,27)24-11-9-18(10-12-24)22(25)29-14-13-28-21-6-4-3-5-20(21)23/h3-8,15,18H,9-14H2,1-2H3. The van der Waals surface area contributed by atoms with Crippen molar-refractivity contribution in [2.45, 2.75) is 31.6 Å². The number of nitrogens with zero attached hydrogens (tertiary/aromatic N) is 1. The van der Waals surface area contributed by atoms with Crippen molar-refractivity contribution in [2.75, 3.05) is 26.3 Å². The molecule has 0 bridgehead atoms. The SMILES string of the molecule is Cc1ccc(S(=O)(=O)N2CCC(C(=O)OCCOc3ccccc3Cl)CC2)cc1C. The van der Waals surface area contributed by atoms with Gasteiger partial charge in [0.15, 0.2) is 0 Å². The molecule has 0 spiro atoms. The first kappa shape index (κ1) is 22.6. The summed E-state index contributed by atoms with van der Waals surface area (Å²) in [4.78, 5) is 12.6. The number of piperidine rings is 1. The van der Waals surface area contributed by atoms with E-state index < -0.39 is 10.0 Å². The van der Waals surface area contributed by atoms with Crippen molar-refractivity contribution in [2.24, 2.45) is 5.92 Å². The quantitative estimate of drug-likeness (QED) is 0.470. The molecule has 1 fully saturated rings. The summed E-state index contributed by atoms with van der Waals surface area (Å²) in [6.07, 6.45) is 0.878. The number of carbonyl (C=O) groups excluding carboxylic acids is 1. The molecule has 2 aromatic carbocycles. The third-order valence-corrected chi connectivity index (χ3v) is 7.53. The van der Waals surface area contributed by atoms with Crippen molar-refractivity contribution in [1.29, 1.82) is 0 Å². The summed E-state index contributed by atoms with van der Waals surface area (Å²) in [5.41, 5.74) is 1.99. The van der Waals surface area contributed by atoms with Crippen LogP contribution in [0.1, 0.15) is 24.0 Å². The molecule has 1 heterocycles. The molecule has 0 aromatic heterocycles. The zero-order valence-electron chi connectivity index (χ0n) is 17.1. The van der Waals surface area contributed by atoms with Crippen LogP contribution >= 0.6 is 11.6 Å². The average Bonchev–Trinajstić information content (AvgIpc) is 2.74. The van der Waals surface area contributed by atoms with Gasteiger partial charge in [-0.15, -0.1) is 0 Å². The van der Waals surface area contributed by atoms with Crippen molar-refractivity contribution in [3.63, 3.8) is 0 Å². The fraction of sp³-hybridized carbons (Fsp3) is 0.409. The van der Waals surface area contributed by atoms with Crippen LogP contribution in [-0.2, 0) is 19.6 Å². The van der Waals surface area contributed by atoms with Gasteiger partial charge in [-0.05, 0) is 62.1 Å². The molecule has 30 heavy (non-hydrogen) atoms. The molecule has 1 aliphatic rings. The summed E-state index contributed by atoms with van der Waals surface area (Å²) in [5.74, 6) is -0.0856. The molecule has 0 radical (unpaired) electrons. The third-order valence-electron chi connectivity index (χ3n) is 5.33. The molecule has 1 saturated heterocycles. The lowest BCUT2D eigenvalue weighted by atomic mass is 9.98. The smallest absolute Gasteiger partial charge is 0.309 e. The first-order valence-corrected chi connectivity index (χ1v) is 11.7. The summed E-state index contributed by atoms with van der Waals surface area (Å²) < 4.78 is 38.0. The Morgan fingerprint density at radius 2 is 1.77 bits per heavy atom. The van der Waals surface area contributed by atoms with E-state index in [1.165, 1.54) is 4.31 Å². The molecule has 8 heteroatoms. The Bertz CT molecular complexity index is 1000. The zero-order valence-corrected chi connectivity index (χ0v) is 18.7. The highest BCUT2D eigenvalue weighted by molar-refractivity contribution is 7.89. The van der Waals surface area contributed by atoms with Gasteiger partial charge in [-0.25, -0.2) is 8.42 Å². The van der Waals surface area contributed by atoms with E-state index in [1.54, 1.807) is 24.3 Å². The maximum atomic E-state index is 12.9. The molecule has 0 saturated carbocycles. The Kier molecular flexibility index (Phi) is 7.39. The first-order chi connectivity index (χ1) is 14.3. The Morgan fingerprint density at radius 3 is 2.43 bits per heavy atom. The molecule has 0 N–H and O–H groups in total. The lowest BCUT2D eigenvalue weighted by Gasteiger charge is -2.30. The maximum Gasteiger partial charge on any atom is 0.309 e. The van der Waals surface area contributed by atoms with Crippen LogP contribution in [-0.4, -0.2) is 45.0 Å². The number of para-hydroxylation sites is 1. The maximum absolute atomic E-state index is 12.9. The second-order valence-corrected chi connectivity index (χ2v) is 9.72. The Morgan fingerprint density at radius 1 is 1.07 bits per heavy atom. The molecule has 0 atom stereocenters. The van der Waals surface area contributed by atoms with Gasteiger partial charge >= 0.3 is 5.97 Å². The molecule has 3 rings (SSSR count). The van der Waals surface area contributed by atoms with E-state index in [0.717, 1.165) is 11.1 Å². The van der Waals surface area contributed by atoms with Crippen LogP contribution in [0.5, 0.6) is 5.75 Å². The summed E-state index contributed by atoms with van der Waals surface area (Å²) in [6, 6.07) is 12.2. The number of rotatable bonds is 7. The molecule has 1 aliphatic heterocycles. The number of aryl methyl sites for hydroxylation is 2. The number of halogens is 1. The molecule has 0 amide bonds. The lowest BCUT2D eigenvalue weighted by molar-refractivity contribution is -0.150. The number of ether oxygens (including phenoxy) is 2. The molecule has 6 nitrogen and oxygen atoms in total. The lowest BCUT2D eigenvalue weighted by Crippen LogP contribution is -2.40. The van der Waals surface area contributed by atoms with E-state index in [2.05, 4.69) is 0 Å². The number of hydrogen-bond acceptors (Lipinski definition) is 5. The largest absolute Gasteiger partial charge is 0.488 e. The van der Waals surface area contributed by atoms with Gasteiger partial charge in [0.2, 0.25) is 10.0 Å². The summed E-state index contributed by atoms with van der Waals surface area (Å²) in [6.45, 7) is 4.76. The van der Waals surface area contributed by atoms with Crippen molar-refractivity contribution < 1.29 is 22.7 Å². The fourth-order valence-electron chi connectivity index (χ4n) is 3.33. The van der Waals surface area contributed by atoms with E-state index >= 15 is 0 Å². The van der Waals surface area contributed by atoms with Gasteiger partial charge in [-0.2, -0.15) is 4.31 Å². The number of esters is 1. The van der Waals surface area contributed by atoms with Crippen LogP contribution in [0.4, 0.5) is 0 Å². The first-order valence-electron chi connectivity index (χ1n) is 9.90. The minimum atomic E-state index is -3.56. The molecule has 162 valence electrons. The van der Waals surface area contributed by atoms with Crippen molar-refractivity contribution in [3.05, 3.63) is 58.6 Å². The van der Waals surface area contributed by atoms with Gasteiger partial charge in [0, 0.05) is 13.1 Å². The van der Waals surface area contributed by atoms with Crippen molar-refractivity contribution >= 4 is 27.6 Å². The highest BCUT2D eigenvalue weighted by Crippen LogP contribution is 2.26. The van der Waals surface area contributed by atoms with Gasteiger partial charge in [-0.1, -0.05) is 29.8 Å². The van der Waals surface area contributed by atoms with E-state index in [1.807, 2.05) is 32.0 Å². The highest BCUT2D eigenvalue weighted by Gasteiger charge is 2.32. The van der Waals surface area contributed by atoms with Crippen molar-refractivity contribution in [1.82, 2.24) is 4.31 Å². The number of benzene rings is 2. The van der Waals surface area contributed by atoms with Gasteiger partial charge < -0.3 is 9.47 Å². The minimum absolute atomic E-state index is 0.116. The van der Waals surface area contributed by atoms with Crippen LogP contribution in [0.25, 0.3) is 0 Å². The predicted octanol–water partition coefficient (Wildman–Crippen LogP) is 3.98. The number of sulfonamides is 1. The number of hydrogen-bond donors (Lipinski definition) is 0. The summed E-state index contributed by atoms with van der Waals surface area (Å²) in [5, 5.41) is 0.501. The normalized spacial score (nSPS) is 15.7. The van der Waals surface area contributed by atoms with E-state index in [0.29, 0.717) is 41.6 Å². The third kappa shape index (κ3) is 5.33. The molecular formula is C22H26ClNO5S. The minimum Gasteiger partial charge on any atom is -0.488 e. The Labute approximate surface area is 182 Å². The van der Waals surface area contributed by atoms with Gasteiger partial charge in [-0.3, -0.25) is 4.79 Å². The topological polar surface area (TPSA) is 72.9 Å². The van der Waals surface area contributed by atoms with Crippen LogP contribution in [0.2, 0.25) is 5.02 Å². The molecule has 0 aliphatic carbocycles. The Hall–Kier alpha value is -2.09. The fourth-order valence-corrected chi connectivity index (χ4v) is 5.07. The second kappa shape index (κ2) is 9.81. The summed E-state index contributed by atoms with van der Waals surface area (Å²) >= 11 is 6.01. The van der Waals surface area contributed by atoms with E-state index in [9.17, 15) is 13.2 Å². The van der Waals surface area contributed by atoms with Crippen LogP contribution in [0.15, 0.2) is 47.4 Å². The van der Waals surface area contributed by atoms with E-state index in [-0.39, 0.29) is 25.1 Å². The van der Waals surface area contributed by atoms with Crippen molar-refractivity contribution in [3.8, 4) is 5.75 Å². The van der Waals surface area contributed by atoms with E-state index in [4.69, 9.17) is 21.1 Å². The molecular weight excluding hydrogens is 426 g/mol. The molecule has 0 unspecified atom stereocenters. The second-order valence-electron chi connectivity index (χ2n) is 7.37.